The van der Waals surface area contributed by atoms with Crippen molar-refractivity contribution in [3.63, 3.8) is 0 Å². The van der Waals surface area contributed by atoms with Gasteiger partial charge in [0.2, 0.25) is 0 Å². The maximum absolute atomic E-state index is 13.1. The molecule has 5 nitrogen and oxygen atoms in total. The summed E-state index contributed by atoms with van der Waals surface area (Å²) in [6.07, 6.45) is 0.349. The van der Waals surface area contributed by atoms with Gasteiger partial charge in [0.1, 0.15) is 17.1 Å². The maximum atomic E-state index is 13.1. The lowest BCUT2D eigenvalue weighted by Crippen LogP contribution is -2.35. The molecule has 1 fully saturated rings. The molecule has 1 aliphatic heterocycles. The topological polar surface area (TPSA) is 73.4 Å². The zero-order valence-electron chi connectivity index (χ0n) is 13.9. The maximum Gasteiger partial charge on any atom is 0.270 e. The van der Waals surface area contributed by atoms with E-state index in [9.17, 15) is 19.1 Å². The van der Waals surface area contributed by atoms with Gasteiger partial charge in [-0.2, -0.15) is 0 Å². The first kappa shape index (κ1) is 16.5. The number of halogens is 1. The molecule has 1 aromatic heterocycles. The number of rotatable bonds is 2. The molecule has 1 saturated heterocycles. The third kappa shape index (κ3) is 2.78. The Labute approximate surface area is 148 Å². The zero-order valence-corrected chi connectivity index (χ0v) is 13.9. The molecular weight excluding hydrogens is 335 g/mol. The van der Waals surface area contributed by atoms with Crippen molar-refractivity contribution in [3.8, 4) is 0 Å². The summed E-state index contributed by atoms with van der Waals surface area (Å²) in [7, 11) is 0. The fraction of sp³-hybridized carbons (Fsp3) is 0.200. The van der Waals surface area contributed by atoms with Crippen LogP contribution in [0.15, 0.2) is 59.4 Å². The second-order valence-electron chi connectivity index (χ2n) is 6.61. The molecule has 26 heavy (non-hydrogen) atoms. The third-order valence-electron chi connectivity index (χ3n) is 4.90. The average molecular weight is 352 g/mol. The Hall–Kier alpha value is -2.99. The van der Waals surface area contributed by atoms with Crippen LogP contribution in [0.25, 0.3) is 10.8 Å². The molecule has 3 aromatic rings. The number of aromatic amines is 1. The summed E-state index contributed by atoms with van der Waals surface area (Å²) < 4.78 is 13.1. The molecule has 0 saturated carbocycles. The summed E-state index contributed by atoms with van der Waals surface area (Å²) in [4.78, 5) is 29.1. The van der Waals surface area contributed by atoms with Crippen molar-refractivity contribution >= 4 is 16.7 Å². The Kier molecular flexibility index (Phi) is 3.85. The Morgan fingerprint density at radius 2 is 1.88 bits per heavy atom. The van der Waals surface area contributed by atoms with Gasteiger partial charge in [0.05, 0.1) is 6.54 Å². The van der Waals surface area contributed by atoms with E-state index in [1.165, 1.54) is 29.2 Å². The molecule has 2 heterocycles. The molecular formula is C20H17FN2O3. The van der Waals surface area contributed by atoms with Gasteiger partial charge in [-0.3, -0.25) is 9.59 Å². The summed E-state index contributed by atoms with van der Waals surface area (Å²) in [6, 6.07) is 14.3. The highest BCUT2D eigenvalue weighted by Crippen LogP contribution is 2.32. The molecule has 0 bridgehead atoms. The Morgan fingerprint density at radius 3 is 2.65 bits per heavy atom. The SMILES string of the molecule is O=C(c1cc2ccccc2c(=O)[nH]1)N1CCC(O)(c2ccc(F)cc2)C1. The predicted molar refractivity (Wildman–Crippen MR) is 95.4 cm³/mol. The van der Waals surface area contributed by atoms with Gasteiger partial charge in [-0.1, -0.05) is 30.3 Å². The van der Waals surface area contributed by atoms with Crippen molar-refractivity contribution in [2.24, 2.45) is 0 Å². The molecule has 6 heteroatoms. The Bertz CT molecular complexity index is 1040. The average Bonchev–Trinajstić information content (AvgIpc) is 3.05. The number of amides is 1. The van der Waals surface area contributed by atoms with Gasteiger partial charge in [0, 0.05) is 11.9 Å². The van der Waals surface area contributed by atoms with Gasteiger partial charge in [-0.25, -0.2) is 4.39 Å². The van der Waals surface area contributed by atoms with Crippen LogP contribution in [0.1, 0.15) is 22.5 Å². The highest BCUT2D eigenvalue weighted by atomic mass is 19.1. The number of fused-ring (bicyclic) bond motifs is 1. The van der Waals surface area contributed by atoms with Crippen LogP contribution in [0.2, 0.25) is 0 Å². The summed E-state index contributed by atoms with van der Waals surface area (Å²) in [5.74, 6) is -0.720. The van der Waals surface area contributed by atoms with E-state index in [4.69, 9.17) is 0 Å². The summed E-state index contributed by atoms with van der Waals surface area (Å²) in [6.45, 7) is 0.438. The Balaban J connectivity index is 1.62. The van der Waals surface area contributed by atoms with Crippen molar-refractivity contribution in [1.82, 2.24) is 9.88 Å². The first-order valence-electron chi connectivity index (χ1n) is 8.36. The van der Waals surface area contributed by atoms with Crippen molar-refractivity contribution < 1.29 is 14.3 Å². The van der Waals surface area contributed by atoms with Crippen LogP contribution < -0.4 is 5.56 Å². The molecule has 0 aliphatic carbocycles. The van der Waals surface area contributed by atoms with Crippen LogP contribution >= 0.6 is 0 Å². The molecule has 0 radical (unpaired) electrons. The summed E-state index contributed by atoms with van der Waals surface area (Å²) in [5.41, 5.74) is -0.779. The van der Waals surface area contributed by atoms with Gasteiger partial charge in [0.15, 0.2) is 0 Å². The van der Waals surface area contributed by atoms with Crippen LogP contribution in [0, 0.1) is 5.82 Å². The molecule has 2 N–H and O–H groups in total. The number of benzene rings is 2. The molecule has 1 atom stereocenters. The fourth-order valence-electron chi connectivity index (χ4n) is 3.46. The third-order valence-corrected chi connectivity index (χ3v) is 4.90. The molecule has 132 valence electrons. The van der Waals surface area contributed by atoms with E-state index < -0.39 is 5.60 Å². The smallest absolute Gasteiger partial charge is 0.270 e. The minimum absolute atomic E-state index is 0.0896. The van der Waals surface area contributed by atoms with Crippen LogP contribution in [0.3, 0.4) is 0 Å². The fourth-order valence-corrected chi connectivity index (χ4v) is 3.46. The number of nitrogens with zero attached hydrogens (tertiary/aromatic N) is 1. The lowest BCUT2D eigenvalue weighted by atomic mass is 9.93. The molecule has 4 rings (SSSR count). The van der Waals surface area contributed by atoms with E-state index >= 15 is 0 Å². The van der Waals surface area contributed by atoms with Crippen LogP contribution in [0.5, 0.6) is 0 Å². The van der Waals surface area contributed by atoms with E-state index in [0.29, 0.717) is 29.3 Å². The van der Waals surface area contributed by atoms with E-state index in [1.54, 1.807) is 30.3 Å². The number of nitrogens with one attached hydrogen (secondary N) is 1. The first-order chi connectivity index (χ1) is 12.5. The molecule has 1 unspecified atom stereocenters. The van der Waals surface area contributed by atoms with Crippen LogP contribution in [0.4, 0.5) is 4.39 Å². The van der Waals surface area contributed by atoms with Crippen molar-refractivity contribution in [2.75, 3.05) is 13.1 Å². The zero-order chi connectivity index (χ0) is 18.3. The van der Waals surface area contributed by atoms with Crippen molar-refractivity contribution in [1.29, 1.82) is 0 Å². The van der Waals surface area contributed by atoms with Gasteiger partial charge in [-0.15, -0.1) is 0 Å². The van der Waals surface area contributed by atoms with E-state index in [2.05, 4.69) is 4.98 Å². The molecule has 1 amide bonds. The molecule has 0 spiro atoms. The highest BCUT2D eigenvalue weighted by molar-refractivity contribution is 5.96. The van der Waals surface area contributed by atoms with E-state index in [1.807, 2.05) is 0 Å². The van der Waals surface area contributed by atoms with Gasteiger partial charge >= 0.3 is 0 Å². The van der Waals surface area contributed by atoms with Crippen molar-refractivity contribution in [2.45, 2.75) is 12.0 Å². The predicted octanol–water partition coefficient (Wildman–Crippen LogP) is 2.40. The number of aliphatic hydroxyl groups is 1. The number of hydrogen-bond acceptors (Lipinski definition) is 3. The lowest BCUT2D eigenvalue weighted by Gasteiger charge is -2.24. The summed E-state index contributed by atoms with van der Waals surface area (Å²) >= 11 is 0. The highest BCUT2D eigenvalue weighted by Gasteiger charge is 2.40. The van der Waals surface area contributed by atoms with Crippen LogP contribution in [-0.2, 0) is 5.60 Å². The number of likely N-dealkylation sites (tertiary alicyclic amines) is 1. The number of pyridine rings is 1. The van der Waals surface area contributed by atoms with Crippen LogP contribution in [-0.4, -0.2) is 34.0 Å². The minimum Gasteiger partial charge on any atom is -0.383 e. The van der Waals surface area contributed by atoms with Gasteiger partial charge in [0.25, 0.3) is 11.5 Å². The van der Waals surface area contributed by atoms with Gasteiger partial charge in [-0.05, 0) is 41.6 Å². The van der Waals surface area contributed by atoms with E-state index in [-0.39, 0.29) is 29.5 Å². The monoisotopic (exact) mass is 352 g/mol. The Morgan fingerprint density at radius 1 is 1.15 bits per heavy atom. The molecule has 2 aromatic carbocycles. The largest absolute Gasteiger partial charge is 0.383 e. The van der Waals surface area contributed by atoms with Crippen molar-refractivity contribution in [3.05, 3.63) is 82.0 Å². The first-order valence-corrected chi connectivity index (χ1v) is 8.36. The number of carbonyl (C=O) groups excluding carboxylic acids is 1. The van der Waals surface area contributed by atoms with Gasteiger partial charge < -0.3 is 15.0 Å². The number of carbonyl (C=O) groups is 1. The minimum atomic E-state index is -1.22. The second kappa shape index (κ2) is 6.07. The number of β-amino-alcohol motifs (C(OH)–C–C–N with tert-alkyl or cyclic N) is 1. The second-order valence-corrected chi connectivity index (χ2v) is 6.61. The standard InChI is InChI=1S/C20H17FN2O3/c21-15-7-5-14(6-8-15)20(26)9-10-23(12-20)19(25)17-11-13-3-1-2-4-16(13)18(24)22-17/h1-8,11,26H,9-10,12H2,(H,22,24). The van der Waals surface area contributed by atoms with E-state index in [0.717, 1.165) is 0 Å². The summed E-state index contributed by atoms with van der Waals surface area (Å²) in [5, 5.41) is 12.1. The lowest BCUT2D eigenvalue weighted by molar-refractivity contribution is 0.0415. The number of hydrogen-bond donors (Lipinski definition) is 2. The normalized spacial score (nSPS) is 19.8. The quantitative estimate of drug-likeness (QED) is 0.744. The number of H-pyrrole nitrogens is 1. The molecule has 1 aliphatic rings. The number of aromatic nitrogens is 1.